The minimum absolute atomic E-state index is 0.126. The molecule has 2 heterocycles. The molecule has 0 spiro atoms. The lowest BCUT2D eigenvalue weighted by atomic mass is 10.2. The van der Waals surface area contributed by atoms with E-state index >= 15 is 0 Å². The molecule has 0 aliphatic heterocycles. The summed E-state index contributed by atoms with van der Waals surface area (Å²) < 4.78 is 1.63. The molecule has 0 bridgehead atoms. The minimum atomic E-state index is -0.359. The summed E-state index contributed by atoms with van der Waals surface area (Å²) in [7, 11) is 0. The Kier molecular flexibility index (Phi) is 4.48. The van der Waals surface area contributed by atoms with E-state index < -0.39 is 0 Å². The maximum Gasteiger partial charge on any atom is 0.237 e. The van der Waals surface area contributed by atoms with Crippen LogP contribution in [0, 0.1) is 0 Å². The first-order chi connectivity index (χ1) is 12.6. The van der Waals surface area contributed by atoms with E-state index in [4.69, 9.17) is 11.6 Å². The average Bonchev–Trinajstić information content (AvgIpc) is 3.06. The van der Waals surface area contributed by atoms with Crippen LogP contribution in [0.25, 0.3) is 16.6 Å². The molecule has 0 radical (unpaired) electrons. The Balaban J connectivity index is 1.53. The van der Waals surface area contributed by atoms with Crippen LogP contribution < -0.4 is 5.32 Å². The largest absolute Gasteiger partial charge is 0.325 e. The summed E-state index contributed by atoms with van der Waals surface area (Å²) in [6, 6.07) is 14.7. The van der Waals surface area contributed by atoms with Crippen LogP contribution >= 0.6 is 23.4 Å². The lowest BCUT2D eigenvalue weighted by Gasteiger charge is -2.10. The van der Waals surface area contributed by atoms with Gasteiger partial charge in [0.05, 0.1) is 10.8 Å². The highest BCUT2D eigenvalue weighted by Crippen LogP contribution is 2.24. The molecule has 8 heteroatoms. The molecule has 0 unspecified atom stereocenters. The maximum absolute atomic E-state index is 12.4. The Labute approximate surface area is 158 Å². The first-order valence-corrected chi connectivity index (χ1v) is 9.19. The van der Waals surface area contributed by atoms with Gasteiger partial charge in [0.15, 0.2) is 5.65 Å². The van der Waals surface area contributed by atoms with E-state index in [2.05, 4.69) is 20.4 Å². The fourth-order valence-corrected chi connectivity index (χ4v) is 3.38. The quantitative estimate of drug-likeness (QED) is 0.538. The van der Waals surface area contributed by atoms with Gasteiger partial charge in [0.25, 0.3) is 0 Å². The summed E-state index contributed by atoms with van der Waals surface area (Å²) in [5.41, 5.74) is 2.28. The van der Waals surface area contributed by atoms with Gasteiger partial charge in [-0.25, -0.2) is 14.5 Å². The van der Waals surface area contributed by atoms with E-state index in [1.54, 1.807) is 35.1 Å². The molecule has 0 aliphatic rings. The first-order valence-electron chi connectivity index (χ1n) is 7.93. The molecule has 1 atom stereocenters. The first kappa shape index (κ1) is 16.8. The molecule has 1 N–H and O–H groups in total. The highest BCUT2D eigenvalue weighted by atomic mass is 35.5. The van der Waals surface area contributed by atoms with E-state index in [9.17, 15) is 4.79 Å². The molecule has 0 fully saturated rings. The number of fused-ring (bicyclic) bond motifs is 3. The van der Waals surface area contributed by atoms with Crippen molar-refractivity contribution < 1.29 is 4.79 Å². The Morgan fingerprint density at radius 3 is 2.77 bits per heavy atom. The van der Waals surface area contributed by atoms with Crippen molar-refractivity contribution >= 4 is 51.5 Å². The molecule has 26 heavy (non-hydrogen) atoms. The van der Waals surface area contributed by atoms with Gasteiger partial charge in [-0.3, -0.25) is 4.79 Å². The number of amides is 1. The second-order valence-corrected chi connectivity index (χ2v) is 7.42. The highest BCUT2D eigenvalue weighted by Gasteiger charge is 2.18. The van der Waals surface area contributed by atoms with Gasteiger partial charge < -0.3 is 5.32 Å². The number of benzene rings is 2. The Bertz CT molecular complexity index is 1100. The van der Waals surface area contributed by atoms with Gasteiger partial charge in [0.1, 0.15) is 6.33 Å². The Morgan fingerprint density at radius 1 is 1.19 bits per heavy atom. The average molecular weight is 384 g/mol. The number of anilines is 1. The van der Waals surface area contributed by atoms with Gasteiger partial charge in [-0.05, 0) is 43.3 Å². The predicted molar refractivity (Wildman–Crippen MR) is 104 cm³/mol. The summed E-state index contributed by atoms with van der Waals surface area (Å²) in [5.74, 6) is -0.126. The van der Waals surface area contributed by atoms with E-state index in [1.165, 1.54) is 11.8 Å². The van der Waals surface area contributed by atoms with Crippen molar-refractivity contribution in [3.8, 4) is 0 Å². The van der Waals surface area contributed by atoms with Crippen LogP contribution in [-0.2, 0) is 4.79 Å². The number of carbonyl (C=O) groups is 1. The molecular weight excluding hydrogens is 370 g/mol. The van der Waals surface area contributed by atoms with Crippen LogP contribution in [0.4, 0.5) is 5.69 Å². The van der Waals surface area contributed by atoms with Crippen LogP contribution in [0.15, 0.2) is 60.0 Å². The fourth-order valence-electron chi connectivity index (χ4n) is 2.50. The third kappa shape index (κ3) is 3.36. The maximum atomic E-state index is 12.4. The Hall–Kier alpha value is -2.64. The van der Waals surface area contributed by atoms with E-state index in [1.807, 2.05) is 31.2 Å². The second kappa shape index (κ2) is 6.93. The summed E-state index contributed by atoms with van der Waals surface area (Å²) >= 11 is 7.16. The van der Waals surface area contributed by atoms with Gasteiger partial charge in [0, 0.05) is 16.1 Å². The third-order valence-corrected chi connectivity index (χ3v) is 5.03. The molecule has 0 saturated heterocycles. The van der Waals surface area contributed by atoms with Crippen molar-refractivity contribution in [1.29, 1.82) is 0 Å². The molecule has 2 aromatic carbocycles. The molecule has 2 aromatic heterocycles. The number of halogens is 1. The molecule has 4 aromatic rings. The number of hydrogen-bond acceptors (Lipinski definition) is 5. The SMILES string of the molecule is C[C@H](Sc1nc2c3ccccc3ncn2n1)C(=O)Nc1ccc(Cl)cc1. The van der Waals surface area contributed by atoms with Gasteiger partial charge in [0.2, 0.25) is 11.1 Å². The fraction of sp³-hybridized carbons (Fsp3) is 0.111. The van der Waals surface area contributed by atoms with E-state index in [0.29, 0.717) is 15.9 Å². The normalized spacial score (nSPS) is 12.4. The van der Waals surface area contributed by atoms with Gasteiger partial charge >= 0.3 is 0 Å². The monoisotopic (exact) mass is 383 g/mol. The van der Waals surface area contributed by atoms with Gasteiger partial charge in [-0.2, -0.15) is 0 Å². The van der Waals surface area contributed by atoms with Crippen LogP contribution in [0.5, 0.6) is 0 Å². The zero-order valence-electron chi connectivity index (χ0n) is 13.8. The number of thioether (sulfide) groups is 1. The van der Waals surface area contributed by atoms with E-state index in [0.717, 1.165) is 16.6 Å². The molecule has 0 saturated carbocycles. The minimum Gasteiger partial charge on any atom is -0.325 e. The number of nitrogens with zero attached hydrogens (tertiary/aromatic N) is 4. The Morgan fingerprint density at radius 2 is 1.96 bits per heavy atom. The summed E-state index contributed by atoms with van der Waals surface area (Å²) in [5, 5.41) is 8.99. The number of rotatable bonds is 4. The lowest BCUT2D eigenvalue weighted by Crippen LogP contribution is -2.22. The smallest absolute Gasteiger partial charge is 0.237 e. The summed E-state index contributed by atoms with van der Waals surface area (Å²) in [6.45, 7) is 1.82. The number of hydrogen-bond donors (Lipinski definition) is 1. The van der Waals surface area contributed by atoms with Crippen molar-refractivity contribution in [1.82, 2.24) is 19.6 Å². The highest BCUT2D eigenvalue weighted by molar-refractivity contribution is 8.00. The number of para-hydroxylation sites is 1. The summed E-state index contributed by atoms with van der Waals surface area (Å²) in [4.78, 5) is 21.3. The summed E-state index contributed by atoms with van der Waals surface area (Å²) in [6.07, 6.45) is 1.63. The molecular formula is C18H14ClN5OS. The number of nitrogens with one attached hydrogen (secondary N) is 1. The number of carbonyl (C=O) groups excluding carboxylic acids is 1. The van der Waals surface area contributed by atoms with Crippen LogP contribution in [0.2, 0.25) is 5.02 Å². The van der Waals surface area contributed by atoms with Crippen molar-refractivity contribution in [3.05, 3.63) is 59.9 Å². The third-order valence-electron chi connectivity index (χ3n) is 3.83. The van der Waals surface area contributed by atoms with Crippen LogP contribution in [0.3, 0.4) is 0 Å². The van der Waals surface area contributed by atoms with Gasteiger partial charge in [-0.1, -0.05) is 35.5 Å². The van der Waals surface area contributed by atoms with Crippen molar-refractivity contribution in [2.24, 2.45) is 0 Å². The lowest BCUT2D eigenvalue weighted by molar-refractivity contribution is -0.115. The molecule has 4 rings (SSSR count). The molecule has 6 nitrogen and oxygen atoms in total. The molecule has 0 aliphatic carbocycles. The van der Waals surface area contributed by atoms with Gasteiger partial charge in [-0.15, -0.1) is 5.10 Å². The standard InChI is InChI=1S/C18H14ClN5OS/c1-11(17(25)21-13-8-6-12(19)7-9-13)26-18-22-16-14-4-2-3-5-15(14)20-10-24(16)23-18/h2-11H,1H3,(H,21,25)/t11-/m0/s1. The van der Waals surface area contributed by atoms with Crippen molar-refractivity contribution in [3.63, 3.8) is 0 Å². The molecule has 130 valence electrons. The zero-order chi connectivity index (χ0) is 18.1. The van der Waals surface area contributed by atoms with E-state index in [-0.39, 0.29) is 11.2 Å². The van der Waals surface area contributed by atoms with Crippen molar-refractivity contribution in [2.75, 3.05) is 5.32 Å². The molecule has 1 amide bonds. The topological polar surface area (TPSA) is 72.2 Å². The van der Waals surface area contributed by atoms with Crippen LogP contribution in [0.1, 0.15) is 6.92 Å². The zero-order valence-corrected chi connectivity index (χ0v) is 15.3. The van der Waals surface area contributed by atoms with Crippen LogP contribution in [-0.4, -0.2) is 30.7 Å². The second-order valence-electron chi connectivity index (χ2n) is 5.68. The number of aromatic nitrogens is 4. The van der Waals surface area contributed by atoms with Crippen molar-refractivity contribution in [2.45, 2.75) is 17.3 Å². The predicted octanol–water partition coefficient (Wildman–Crippen LogP) is 4.05.